The number of halogens is 1. The summed E-state index contributed by atoms with van der Waals surface area (Å²) in [7, 11) is 3.38. The standard InChI is InChI=1S/C26H29FN2O2/c1-30-23-11-5-8-20(16-23)18-28-14-7-15-29(19-22-9-3-4-13-25(22)27)26(28)21-10-6-12-24(17-21)31-2/h3-6,8-13,16-17,26H,7,14-15,18-19H2,1-2H3/t26-/m0/s1. The molecule has 1 atom stereocenters. The highest BCUT2D eigenvalue weighted by molar-refractivity contribution is 5.32. The number of hydrogen-bond donors (Lipinski definition) is 0. The van der Waals surface area contributed by atoms with Gasteiger partial charge in [0.05, 0.1) is 20.4 Å². The molecule has 0 radical (unpaired) electrons. The number of nitrogens with zero attached hydrogens (tertiary/aromatic N) is 2. The van der Waals surface area contributed by atoms with Crippen molar-refractivity contribution in [1.29, 1.82) is 0 Å². The fraction of sp³-hybridized carbons (Fsp3) is 0.308. The molecule has 4 rings (SSSR count). The Bertz CT molecular complexity index is 1010. The van der Waals surface area contributed by atoms with Crippen LogP contribution >= 0.6 is 0 Å². The number of ether oxygens (including phenoxy) is 2. The molecule has 3 aromatic carbocycles. The summed E-state index contributed by atoms with van der Waals surface area (Å²) in [5.41, 5.74) is 3.07. The smallest absolute Gasteiger partial charge is 0.127 e. The van der Waals surface area contributed by atoms with Gasteiger partial charge in [-0.15, -0.1) is 0 Å². The van der Waals surface area contributed by atoms with E-state index in [0.717, 1.165) is 48.7 Å². The van der Waals surface area contributed by atoms with Crippen molar-refractivity contribution in [3.8, 4) is 11.5 Å². The SMILES string of the molecule is COc1cccc(CN2CCCN(Cc3ccccc3F)[C@H]2c2cccc(OC)c2)c1. The molecule has 1 heterocycles. The topological polar surface area (TPSA) is 24.9 Å². The molecule has 1 aliphatic rings. The van der Waals surface area contributed by atoms with Gasteiger partial charge in [0, 0.05) is 31.7 Å². The second-order valence-corrected chi connectivity index (χ2v) is 7.89. The van der Waals surface area contributed by atoms with E-state index >= 15 is 0 Å². The number of methoxy groups -OCH3 is 2. The van der Waals surface area contributed by atoms with E-state index < -0.39 is 0 Å². The summed E-state index contributed by atoms with van der Waals surface area (Å²) in [6, 6.07) is 23.4. The Morgan fingerprint density at radius 3 is 2.23 bits per heavy atom. The Morgan fingerprint density at radius 2 is 1.48 bits per heavy atom. The minimum atomic E-state index is -0.156. The third kappa shape index (κ3) is 5.06. The Balaban J connectivity index is 1.67. The van der Waals surface area contributed by atoms with E-state index in [0.29, 0.717) is 6.54 Å². The molecule has 0 unspecified atom stereocenters. The number of benzene rings is 3. The monoisotopic (exact) mass is 420 g/mol. The van der Waals surface area contributed by atoms with E-state index in [-0.39, 0.29) is 12.0 Å². The van der Waals surface area contributed by atoms with Crippen LogP contribution < -0.4 is 9.47 Å². The third-order valence-electron chi connectivity index (χ3n) is 5.83. The molecule has 0 amide bonds. The number of hydrogen-bond acceptors (Lipinski definition) is 4. The molecule has 0 aliphatic carbocycles. The Morgan fingerprint density at radius 1 is 0.806 bits per heavy atom. The van der Waals surface area contributed by atoms with Gasteiger partial charge in [0.2, 0.25) is 0 Å². The van der Waals surface area contributed by atoms with Crippen molar-refractivity contribution >= 4 is 0 Å². The maximum absolute atomic E-state index is 14.4. The van der Waals surface area contributed by atoms with Gasteiger partial charge in [-0.05, 0) is 47.9 Å². The summed E-state index contributed by atoms with van der Waals surface area (Å²) in [5, 5.41) is 0. The van der Waals surface area contributed by atoms with Gasteiger partial charge >= 0.3 is 0 Å². The van der Waals surface area contributed by atoms with Crippen LogP contribution in [0.5, 0.6) is 11.5 Å². The molecule has 162 valence electrons. The zero-order chi connectivity index (χ0) is 21.6. The minimum absolute atomic E-state index is 0.0228. The van der Waals surface area contributed by atoms with Gasteiger partial charge in [0.1, 0.15) is 17.3 Å². The van der Waals surface area contributed by atoms with E-state index in [1.165, 1.54) is 11.6 Å². The first-order valence-corrected chi connectivity index (χ1v) is 10.7. The Kier molecular flexibility index (Phi) is 6.85. The molecule has 4 nitrogen and oxygen atoms in total. The van der Waals surface area contributed by atoms with Crippen LogP contribution in [0.4, 0.5) is 4.39 Å². The van der Waals surface area contributed by atoms with Crippen molar-refractivity contribution < 1.29 is 13.9 Å². The van der Waals surface area contributed by atoms with Gasteiger partial charge in [0.25, 0.3) is 0 Å². The van der Waals surface area contributed by atoms with E-state index in [9.17, 15) is 4.39 Å². The van der Waals surface area contributed by atoms with Crippen molar-refractivity contribution in [3.05, 3.63) is 95.3 Å². The first-order chi connectivity index (χ1) is 15.2. The summed E-state index contributed by atoms with van der Waals surface area (Å²) in [4.78, 5) is 4.81. The molecule has 1 fully saturated rings. The summed E-state index contributed by atoms with van der Waals surface area (Å²) in [6.07, 6.45) is 1.05. The first kappa shape index (κ1) is 21.3. The van der Waals surface area contributed by atoms with Crippen LogP contribution in [0.2, 0.25) is 0 Å². The van der Waals surface area contributed by atoms with Crippen molar-refractivity contribution in [2.75, 3.05) is 27.3 Å². The van der Waals surface area contributed by atoms with E-state index in [1.54, 1.807) is 20.3 Å². The Hall–Kier alpha value is -2.89. The largest absolute Gasteiger partial charge is 0.497 e. The molecule has 1 aliphatic heterocycles. The highest BCUT2D eigenvalue weighted by Crippen LogP contribution is 2.34. The summed E-state index contributed by atoms with van der Waals surface area (Å²) < 4.78 is 25.3. The van der Waals surface area contributed by atoms with Gasteiger partial charge in [-0.25, -0.2) is 4.39 Å². The first-order valence-electron chi connectivity index (χ1n) is 10.7. The lowest BCUT2D eigenvalue weighted by Crippen LogP contribution is -2.47. The fourth-order valence-corrected chi connectivity index (χ4v) is 4.36. The van der Waals surface area contributed by atoms with E-state index in [2.05, 4.69) is 34.1 Å². The van der Waals surface area contributed by atoms with Gasteiger partial charge in [-0.2, -0.15) is 0 Å². The predicted molar refractivity (Wildman–Crippen MR) is 121 cm³/mol. The van der Waals surface area contributed by atoms with Gasteiger partial charge in [-0.3, -0.25) is 9.80 Å². The molecule has 0 bridgehead atoms. The van der Waals surface area contributed by atoms with Crippen LogP contribution in [0.3, 0.4) is 0 Å². The molecular weight excluding hydrogens is 391 g/mol. The molecule has 0 saturated carbocycles. The fourth-order valence-electron chi connectivity index (χ4n) is 4.36. The van der Waals surface area contributed by atoms with Gasteiger partial charge in [-0.1, -0.05) is 42.5 Å². The summed E-state index contributed by atoms with van der Waals surface area (Å²) >= 11 is 0. The molecule has 5 heteroatoms. The molecule has 31 heavy (non-hydrogen) atoms. The number of rotatable bonds is 7. The molecule has 0 aromatic heterocycles. The lowest BCUT2D eigenvalue weighted by atomic mass is 10.0. The van der Waals surface area contributed by atoms with Crippen molar-refractivity contribution in [2.45, 2.75) is 25.7 Å². The van der Waals surface area contributed by atoms with Crippen molar-refractivity contribution in [1.82, 2.24) is 9.80 Å². The van der Waals surface area contributed by atoms with Crippen LogP contribution in [-0.4, -0.2) is 37.1 Å². The van der Waals surface area contributed by atoms with Crippen LogP contribution in [0.1, 0.15) is 29.3 Å². The average molecular weight is 421 g/mol. The van der Waals surface area contributed by atoms with Crippen molar-refractivity contribution in [3.63, 3.8) is 0 Å². The van der Waals surface area contributed by atoms with E-state index in [4.69, 9.17) is 9.47 Å². The maximum atomic E-state index is 14.4. The highest BCUT2D eigenvalue weighted by Gasteiger charge is 2.31. The van der Waals surface area contributed by atoms with Crippen LogP contribution in [0.15, 0.2) is 72.8 Å². The lowest BCUT2D eigenvalue weighted by Gasteiger charge is -2.44. The normalized spacial score (nSPS) is 17.5. The predicted octanol–water partition coefficient (Wildman–Crippen LogP) is 5.25. The summed E-state index contributed by atoms with van der Waals surface area (Å²) in [5.74, 6) is 1.53. The highest BCUT2D eigenvalue weighted by atomic mass is 19.1. The molecule has 1 saturated heterocycles. The van der Waals surface area contributed by atoms with Crippen LogP contribution in [0.25, 0.3) is 0 Å². The Labute approximate surface area is 183 Å². The van der Waals surface area contributed by atoms with Gasteiger partial charge < -0.3 is 9.47 Å². The zero-order valence-electron chi connectivity index (χ0n) is 18.1. The second-order valence-electron chi connectivity index (χ2n) is 7.89. The van der Waals surface area contributed by atoms with Crippen LogP contribution in [0, 0.1) is 5.82 Å². The van der Waals surface area contributed by atoms with Gasteiger partial charge in [0.15, 0.2) is 0 Å². The molecular formula is C26H29FN2O2. The van der Waals surface area contributed by atoms with E-state index in [1.807, 2.05) is 36.4 Å². The van der Waals surface area contributed by atoms with Crippen LogP contribution in [-0.2, 0) is 13.1 Å². The molecule has 0 spiro atoms. The molecule has 3 aromatic rings. The average Bonchev–Trinajstić information content (AvgIpc) is 2.81. The quantitative estimate of drug-likeness (QED) is 0.521. The minimum Gasteiger partial charge on any atom is -0.497 e. The van der Waals surface area contributed by atoms with Crippen molar-refractivity contribution in [2.24, 2.45) is 0 Å². The maximum Gasteiger partial charge on any atom is 0.127 e. The summed E-state index contributed by atoms with van der Waals surface area (Å²) in [6.45, 7) is 3.22. The third-order valence-corrected chi connectivity index (χ3v) is 5.83. The second kappa shape index (κ2) is 9.94. The zero-order valence-corrected chi connectivity index (χ0v) is 18.1. The molecule has 0 N–H and O–H groups in total. The lowest BCUT2D eigenvalue weighted by molar-refractivity contribution is -0.00976.